The van der Waals surface area contributed by atoms with Gasteiger partial charge in [0.25, 0.3) is 0 Å². The van der Waals surface area contributed by atoms with E-state index in [1.165, 1.54) is 7.05 Å². The molecule has 1 amide bonds. The molecule has 0 bridgehead atoms. The second-order valence-electron chi connectivity index (χ2n) is 2.66. The Morgan fingerprint density at radius 2 is 2.00 bits per heavy atom. The molecule has 0 aromatic carbocycles. The number of carbonyl (C=O) groups is 1. The summed E-state index contributed by atoms with van der Waals surface area (Å²) in [5.74, 6) is -0.465. The quantitative estimate of drug-likeness (QED) is 0.543. The monoisotopic (exact) mass is 146 g/mol. The second-order valence-corrected chi connectivity index (χ2v) is 2.66. The molecule has 3 N–H and O–H groups in total. The summed E-state index contributed by atoms with van der Waals surface area (Å²) in [5.41, 5.74) is 5.00. The van der Waals surface area contributed by atoms with Crippen LogP contribution in [0.4, 0.5) is 0 Å². The highest BCUT2D eigenvalue weighted by atomic mass is 16.5. The van der Waals surface area contributed by atoms with Crippen LogP contribution < -0.4 is 5.73 Å². The maximum absolute atomic E-state index is 10.6. The number of primary amides is 1. The van der Waals surface area contributed by atoms with Crippen molar-refractivity contribution in [2.24, 2.45) is 11.7 Å². The van der Waals surface area contributed by atoms with Gasteiger partial charge in [0.2, 0.25) is 5.91 Å². The smallest absolute Gasteiger partial charge is 0.237 e. The van der Waals surface area contributed by atoms with Gasteiger partial charge in [-0.25, -0.2) is 0 Å². The Hall–Kier alpha value is -0.610. The topological polar surface area (TPSA) is 66.6 Å². The lowest BCUT2D eigenvalue weighted by Gasteiger charge is -2.22. The molecule has 0 unspecified atom stereocenters. The molecular weight excluding hydrogens is 132 g/mol. The number of hydrogen-bond acceptors (Lipinski definition) is 3. The highest BCUT2D eigenvalue weighted by Gasteiger charge is 2.22. The molecule has 0 saturated heterocycles. The first kappa shape index (κ1) is 9.39. The molecule has 4 heteroatoms. The number of hydrogen-bond donors (Lipinski definition) is 2. The normalized spacial score (nSPS) is 14.2. The van der Waals surface area contributed by atoms with Crippen molar-refractivity contribution in [1.29, 1.82) is 0 Å². The Morgan fingerprint density at radius 1 is 1.60 bits per heavy atom. The summed E-state index contributed by atoms with van der Waals surface area (Å²) < 4.78 is 0. The van der Waals surface area contributed by atoms with E-state index in [0.717, 1.165) is 5.06 Å². The van der Waals surface area contributed by atoms with Gasteiger partial charge in [0.1, 0.15) is 6.04 Å². The average Bonchev–Trinajstić information content (AvgIpc) is 1.59. The predicted octanol–water partition coefficient (Wildman–Crippen LogP) is -0.183. The second kappa shape index (κ2) is 3.53. The van der Waals surface area contributed by atoms with Crippen LogP contribution in [0, 0.1) is 5.92 Å². The van der Waals surface area contributed by atoms with E-state index in [4.69, 9.17) is 10.9 Å². The number of amides is 1. The number of rotatable bonds is 3. The molecule has 0 aliphatic heterocycles. The van der Waals surface area contributed by atoms with Crippen LogP contribution in [-0.2, 0) is 4.79 Å². The number of nitrogens with zero attached hydrogens (tertiary/aromatic N) is 1. The standard InChI is InChI=1S/C6H14N2O2/c1-4(2)5(6(7)9)8(3)10/h4-5,10H,1-3H3,(H2,7,9)/t5-/m0/s1. The summed E-state index contributed by atoms with van der Waals surface area (Å²) >= 11 is 0. The van der Waals surface area contributed by atoms with Crippen LogP contribution in [0.15, 0.2) is 0 Å². The van der Waals surface area contributed by atoms with Gasteiger partial charge in [-0.3, -0.25) is 4.79 Å². The van der Waals surface area contributed by atoms with Crippen molar-refractivity contribution in [2.75, 3.05) is 7.05 Å². The maximum atomic E-state index is 10.6. The molecule has 0 aromatic heterocycles. The van der Waals surface area contributed by atoms with Crippen molar-refractivity contribution in [3.8, 4) is 0 Å². The van der Waals surface area contributed by atoms with Gasteiger partial charge in [0.05, 0.1) is 0 Å². The Bertz CT molecular complexity index is 115. The van der Waals surface area contributed by atoms with Crippen molar-refractivity contribution in [2.45, 2.75) is 19.9 Å². The van der Waals surface area contributed by atoms with E-state index in [1.807, 2.05) is 13.8 Å². The Labute approximate surface area is 60.6 Å². The summed E-state index contributed by atoms with van der Waals surface area (Å²) in [6, 6.07) is -0.583. The third-order valence-electron chi connectivity index (χ3n) is 1.33. The lowest BCUT2D eigenvalue weighted by atomic mass is 10.0. The zero-order valence-corrected chi connectivity index (χ0v) is 6.53. The first-order valence-electron chi connectivity index (χ1n) is 3.17. The van der Waals surface area contributed by atoms with Crippen molar-refractivity contribution in [1.82, 2.24) is 5.06 Å². The first-order valence-corrected chi connectivity index (χ1v) is 3.17. The van der Waals surface area contributed by atoms with E-state index in [-0.39, 0.29) is 5.92 Å². The number of nitrogens with two attached hydrogens (primary N) is 1. The van der Waals surface area contributed by atoms with E-state index >= 15 is 0 Å². The van der Waals surface area contributed by atoms with Crippen LogP contribution in [0.2, 0.25) is 0 Å². The molecule has 4 nitrogen and oxygen atoms in total. The molecule has 0 rings (SSSR count). The molecule has 0 fully saturated rings. The first-order chi connectivity index (χ1) is 4.46. The van der Waals surface area contributed by atoms with Crippen molar-refractivity contribution in [3.63, 3.8) is 0 Å². The fraction of sp³-hybridized carbons (Fsp3) is 0.833. The zero-order chi connectivity index (χ0) is 8.31. The molecule has 0 spiro atoms. The SMILES string of the molecule is CC(C)[C@@H](C(N)=O)N(C)O. The minimum Gasteiger partial charge on any atom is -0.368 e. The van der Waals surface area contributed by atoms with Crippen molar-refractivity contribution < 1.29 is 10.0 Å². The van der Waals surface area contributed by atoms with Gasteiger partial charge in [-0.1, -0.05) is 13.8 Å². The molecule has 60 valence electrons. The van der Waals surface area contributed by atoms with E-state index in [2.05, 4.69) is 0 Å². The molecule has 0 saturated carbocycles. The molecule has 1 atom stereocenters. The summed E-state index contributed by atoms with van der Waals surface area (Å²) in [7, 11) is 1.41. The Morgan fingerprint density at radius 3 is 2.00 bits per heavy atom. The predicted molar refractivity (Wildman–Crippen MR) is 37.4 cm³/mol. The summed E-state index contributed by atoms with van der Waals surface area (Å²) in [6.45, 7) is 3.64. The number of carbonyl (C=O) groups excluding carboxylic acids is 1. The van der Waals surface area contributed by atoms with Crippen molar-refractivity contribution in [3.05, 3.63) is 0 Å². The van der Waals surface area contributed by atoms with Gasteiger partial charge < -0.3 is 10.9 Å². The molecule has 10 heavy (non-hydrogen) atoms. The van der Waals surface area contributed by atoms with Crippen LogP contribution in [-0.4, -0.2) is 29.3 Å². The summed E-state index contributed by atoms with van der Waals surface area (Å²) in [6.07, 6.45) is 0. The zero-order valence-electron chi connectivity index (χ0n) is 6.53. The minimum absolute atomic E-state index is 0.0347. The van der Waals surface area contributed by atoms with Crippen LogP contribution in [0.5, 0.6) is 0 Å². The molecule has 0 aliphatic carbocycles. The molecule has 0 aromatic rings. The van der Waals surface area contributed by atoms with Gasteiger partial charge >= 0.3 is 0 Å². The largest absolute Gasteiger partial charge is 0.368 e. The van der Waals surface area contributed by atoms with Gasteiger partial charge in [0.15, 0.2) is 0 Å². The van der Waals surface area contributed by atoms with Crippen LogP contribution in [0.3, 0.4) is 0 Å². The van der Waals surface area contributed by atoms with Crippen molar-refractivity contribution >= 4 is 5.91 Å². The average molecular weight is 146 g/mol. The lowest BCUT2D eigenvalue weighted by molar-refractivity contribution is -0.149. The van der Waals surface area contributed by atoms with E-state index in [0.29, 0.717) is 0 Å². The number of hydroxylamine groups is 2. The fourth-order valence-electron chi connectivity index (χ4n) is 0.944. The minimum atomic E-state index is -0.583. The molecule has 0 heterocycles. The maximum Gasteiger partial charge on any atom is 0.237 e. The van der Waals surface area contributed by atoms with Gasteiger partial charge in [0, 0.05) is 7.05 Å². The number of likely N-dealkylation sites (N-methyl/N-ethyl adjacent to an activating group) is 1. The summed E-state index contributed by atoms with van der Waals surface area (Å²) in [4.78, 5) is 10.6. The van der Waals surface area contributed by atoms with Crippen LogP contribution in [0.1, 0.15) is 13.8 Å². The van der Waals surface area contributed by atoms with Gasteiger partial charge in [-0.2, -0.15) is 5.06 Å². The Balaban J connectivity index is 4.12. The van der Waals surface area contributed by atoms with Crippen LogP contribution >= 0.6 is 0 Å². The fourth-order valence-corrected chi connectivity index (χ4v) is 0.944. The highest BCUT2D eigenvalue weighted by Crippen LogP contribution is 2.05. The van der Waals surface area contributed by atoms with E-state index in [1.54, 1.807) is 0 Å². The summed E-state index contributed by atoms with van der Waals surface area (Å²) in [5, 5.41) is 9.73. The molecule has 0 radical (unpaired) electrons. The highest BCUT2D eigenvalue weighted by molar-refractivity contribution is 5.79. The third kappa shape index (κ3) is 2.33. The molecular formula is C6H14N2O2. The van der Waals surface area contributed by atoms with E-state index in [9.17, 15) is 4.79 Å². The van der Waals surface area contributed by atoms with E-state index < -0.39 is 11.9 Å². The van der Waals surface area contributed by atoms with Crippen LogP contribution in [0.25, 0.3) is 0 Å². The Kier molecular flexibility index (Phi) is 3.32. The lowest BCUT2D eigenvalue weighted by Crippen LogP contribution is -2.44. The van der Waals surface area contributed by atoms with Gasteiger partial charge in [-0.15, -0.1) is 0 Å². The molecule has 0 aliphatic rings. The van der Waals surface area contributed by atoms with Gasteiger partial charge in [-0.05, 0) is 5.92 Å². The third-order valence-corrected chi connectivity index (χ3v) is 1.33.